The monoisotopic (exact) mass is 741 g/mol. The Labute approximate surface area is 323 Å². The van der Waals surface area contributed by atoms with Gasteiger partial charge in [-0.3, -0.25) is 9.59 Å². The van der Waals surface area contributed by atoms with E-state index >= 15 is 0 Å². The molecule has 0 fully saturated rings. The van der Waals surface area contributed by atoms with Gasteiger partial charge in [-0.15, -0.1) is 0 Å². The van der Waals surface area contributed by atoms with E-state index in [1.807, 2.05) is 33.3 Å². The van der Waals surface area contributed by atoms with E-state index in [-0.39, 0.29) is 42.7 Å². The molecule has 2 unspecified atom stereocenters. The van der Waals surface area contributed by atoms with Crippen LogP contribution in [0.4, 0.5) is 0 Å². The van der Waals surface area contributed by atoms with E-state index in [4.69, 9.17) is 14.2 Å². The van der Waals surface area contributed by atoms with E-state index in [1.54, 1.807) is 0 Å². The number of carbonyl (C=O) groups is 3. The lowest BCUT2D eigenvalue weighted by atomic mass is 10.1. The molecule has 0 amide bonds. The maximum atomic E-state index is 12.6. The predicted molar refractivity (Wildman–Crippen MR) is 220 cm³/mol. The van der Waals surface area contributed by atoms with Crippen LogP contribution < -0.4 is 0 Å². The SMILES string of the molecule is CC/C=C/C/C=C/C/C=C/C/C=C/C/C=C/C/C=C/CCC(=O)OCC(COCCC(C(=O)O)[N+](C)(C)C)OC(=O)CCCCCC/C=C/CCCC. The first-order valence-electron chi connectivity index (χ1n) is 20.1. The highest BCUT2D eigenvalue weighted by Crippen LogP contribution is 2.11. The number of hydrogen-bond acceptors (Lipinski definition) is 6. The highest BCUT2D eigenvalue weighted by molar-refractivity contribution is 5.72. The Balaban J connectivity index is 4.51. The highest BCUT2D eigenvalue weighted by atomic mass is 16.6. The van der Waals surface area contributed by atoms with Gasteiger partial charge in [-0.05, 0) is 70.6 Å². The van der Waals surface area contributed by atoms with Crippen LogP contribution in [-0.4, -0.2) is 80.6 Å². The van der Waals surface area contributed by atoms with Crippen molar-refractivity contribution in [2.45, 2.75) is 142 Å². The number of hydrogen-bond donors (Lipinski definition) is 1. The van der Waals surface area contributed by atoms with E-state index < -0.39 is 18.1 Å². The summed E-state index contributed by atoms with van der Waals surface area (Å²) in [6.07, 6.45) is 45.0. The van der Waals surface area contributed by atoms with Gasteiger partial charge in [0.1, 0.15) is 6.61 Å². The number of esters is 2. The van der Waals surface area contributed by atoms with E-state index in [0.29, 0.717) is 19.3 Å². The molecule has 0 saturated heterocycles. The maximum Gasteiger partial charge on any atom is 0.362 e. The smallest absolute Gasteiger partial charge is 0.362 e. The minimum Gasteiger partial charge on any atom is -0.477 e. The van der Waals surface area contributed by atoms with Crippen molar-refractivity contribution in [1.29, 1.82) is 0 Å². The van der Waals surface area contributed by atoms with Crippen molar-refractivity contribution in [3.63, 3.8) is 0 Å². The van der Waals surface area contributed by atoms with Crippen molar-refractivity contribution in [3.8, 4) is 0 Å². The van der Waals surface area contributed by atoms with Crippen LogP contribution in [0.2, 0.25) is 0 Å². The molecule has 300 valence electrons. The molecule has 53 heavy (non-hydrogen) atoms. The third kappa shape index (κ3) is 34.1. The van der Waals surface area contributed by atoms with Crippen LogP contribution in [0, 0.1) is 0 Å². The Morgan fingerprint density at radius 2 is 1.09 bits per heavy atom. The largest absolute Gasteiger partial charge is 0.477 e. The first-order valence-corrected chi connectivity index (χ1v) is 20.1. The summed E-state index contributed by atoms with van der Waals surface area (Å²) in [5.41, 5.74) is 0. The Bertz CT molecular complexity index is 1140. The quantitative estimate of drug-likeness (QED) is 0.0303. The van der Waals surface area contributed by atoms with Gasteiger partial charge in [0.15, 0.2) is 12.1 Å². The molecule has 0 aliphatic carbocycles. The molecule has 2 atom stereocenters. The Kier molecular flexibility index (Phi) is 33.2. The topological polar surface area (TPSA) is 99.1 Å². The Morgan fingerprint density at radius 3 is 1.62 bits per heavy atom. The summed E-state index contributed by atoms with van der Waals surface area (Å²) in [6.45, 7) is 4.45. The molecule has 0 aromatic rings. The molecule has 0 aromatic heterocycles. The van der Waals surface area contributed by atoms with Crippen molar-refractivity contribution >= 4 is 17.9 Å². The van der Waals surface area contributed by atoms with Crippen LogP contribution in [0.25, 0.3) is 0 Å². The molecule has 8 nitrogen and oxygen atoms in total. The van der Waals surface area contributed by atoms with Crippen LogP contribution >= 0.6 is 0 Å². The average molecular weight is 741 g/mol. The molecule has 0 bridgehead atoms. The molecular formula is C45H74NO7+. The molecule has 0 aromatic carbocycles. The van der Waals surface area contributed by atoms with E-state index in [0.717, 1.165) is 77.0 Å². The van der Waals surface area contributed by atoms with E-state index in [9.17, 15) is 19.5 Å². The fourth-order valence-corrected chi connectivity index (χ4v) is 5.15. The summed E-state index contributed by atoms with van der Waals surface area (Å²) in [5, 5.41) is 9.58. The fourth-order valence-electron chi connectivity index (χ4n) is 5.15. The van der Waals surface area contributed by atoms with Gasteiger partial charge in [0.05, 0.1) is 34.4 Å². The third-order valence-corrected chi connectivity index (χ3v) is 8.29. The van der Waals surface area contributed by atoms with Gasteiger partial charge in [0.25, 0.3) is 0 Å². The van der Waals surface area contributed by atoms with Crippen LogP contribution in [0.3, 0.4) is 0 Å². The fraction of sp³-hybridized carbons (Fsp3) is 0.622. The molecule has 0 heterocycles. The number of allylic oxidation sites excluding steroid dienone is 14. The van der Waals surface area contributed by atoms with Gasteiger partial charge in [-0.25, -0.2) is 4.79 Å². The number of quaternary nitrogens is 1. The second-order valence-corrected chi connectivity index (χ2v) is 14.1. The molecule has 0 aliphatic rings. The molecular weight excluding hydrogens is 666 g/mol. The van der Waals surface area contributed by atoms with Crippen molar-refractivity contribution in [2.24, 2.45) is 0 Å². The van der Waals surface area contributed by atoms with Gasteiger partial charge in [-0.1, -0.05) is 125 Å². The standard InChI is InChI=1S/C45H73NO7/c1-6-8-10-12-14-16-18-19-20-21-22-23-24-25-26-28-29-31-33-35-43(47)52-40-41(39-51-38-37-42(45(49)50)46(3,4)5)53-44(48)36-34-32-30-27-17-15-13-11-9-7-2/h8,10,13-16,19-20,22-23,25-26,29,31,41-42H,6-7,9,11-12,17-18,21,24,27-28,30,32-40H2,1-5H3/p+1/b10-8+,15-13+,16-14+,20-19+,23-22+,26-25+,31-29+. The molecule has 1 N–H and O–H groups in total. The van der Waals surface area contributed by atoms with Crippen molar-refractivity contribution in [2.75, 3.05) is 41.0 Å². The maximum absolute atomic E-state index is 12.6. The van der Waals surface area contributed by atoms with Crippen LogP contribution in [-0.2, 0) is 28.6 Å². The zero-order chi connectivity index (χ0) is 39.3. The zero-order valence-electron chi connectivity index (χ0n) is 33.9. The predicted octanol–water partition coefficient (Wildman–Crippen LogP) is 10.6. The lowest BCUT2D eigenvalue weighted by Crippen LogP contribution is -2.50. The summed E-state index contributed by atoms with van der Waals surface area (Å²) in [7, 11) is 5.48. The third-order valence-electron chi connectivity index (χ3n) is 8.29. The first-order chi connectivity index (χ1) is 25.6. The molecule has 0 saturated carbocycles. The van der Waals surface area contributed by atoms with E-state index in [2.05, 4.69) is 86.8 Å². The van der Waals surface area contributed by atoms with Gasteiger partial charge in [0, 0.05) is 19.3 Å². The summed E-state index contributed by atoms with van der Waals surface area (Å²) >= 11 is 0. The lowest BCUT2D eigenvalue weighted by molar-refractivity contribution is -0.887. The van der Waals surface area contributed by atoms with Crippen molar-refractivity contribution < 1.29 is 38.2 Å². The highest BCUT2D eigenvalue weighted by Gasteiger charge is 2.31. The number of nitrogens with zero attached hydrogens (tertiary/aromatic N) is 1. The second kappa shape index (κ2) is 35.5. The normalized spacial score (nSPS) is 13.9. The van der Waals surface area contributed by atoms with Gasteiger partial charge >= 0.3 is 17.9 Å². The number of likely N-dealkylation sites (N-methyl/N-ethyl adjacent to an activating group) is 1. The molecule has 8 heteroatoms. The minimum atomic E-state index is -0.891. The molecule has 0 rings (SSSR count). The second-order valence-electron chi connectivity index (χ2n) is 14.1. The number of unbranched alkanes of at least 4 members (excludes halogenated alkanes) is 6. The number of ether oxygens (including phenoxy) is 3. The summed E-state index contributed by atoms with van der Waals surface area (Å²) in [5.74, 6) is -1.61. The van der Waals surface area contributed by atoms with Crippen molar-refractivity contribution in [3.05, 3.63) is 85.1 Å². The molecule has 0 aliphatic heterocycles. The van der Waals surface area contributed by atoms with Crippen molar-refractivity contribution in [1.82, 2.24) is 0 Å². The van der Waals surface area contributed by atoms with Crippen LogP contribution in [0.15, 0.2) is 85.1 Å². The Morgan fingerprint density at radius 1 is 0.585 bits per heavy atom. The number of aliphatic carboxylic acids is 1. The Hall–Kier alpha value is -3.49. The zero-order valence-corrected chi connectivity index (χ0v) is 33.9. The van der Waals surface area contributed by atoms with Crippen LogP contribution in [0.1, 0.15) is 129 Å². The van der Waals surface area contributed by atoms with Gasteiger partial charge in [0.2, 0.25) is 0 Å². The average Bonchev–Trinajstić information content (AvgIpc) is 3.11. The van der Waals surface area contributed by atoms with E-state index in [1.165, 1.54) is 12.8 Å². The lowest BCUT2D eigenvalue weighted by Gasteiger charge is -2.31. The number of rotatable bonds is 34. The van der Waals surface area contributed by atoms with Gasteiger partial charge < -0.3 is 23.8 Å². The minimum absolute atomic E-state index is 0.0278. The molecule has 0 spiro atoms. The number of carbonyl (C=O) groups excluding carboxylic acids is 2. The summed E-state index contributed by atoms with van der Waals surface area (Å²) < 4.78 is 17.1. The number of carboxylic acids is 1. The van der Waals surface area contributed by atoms with Crippen LogP contribution in [0.5, 0.6) is 0 Å². The van der Waals surface area contributed by atoms with Gasteiger partial charge in [-0.2, -0.15) is 0 Å². The number of carboxylic acid groups (broad SMARTS) is 1. The molecule has 0 radical (unpaired) electrons. The summed E-state index contributed by atoms with van der Waals surface area (Å²) in [4.78, 5) is 36.8. The summed E-state index contributed by atoms with van der Waals surface area (Å²) in [6, 6.07) is -0.630. The first kappa shape index (κ1) is 49.5.